The van der Waals surface area contributed by atoms with Gasteiger partial charge < -0.3 is 19.9 Å². The molecule has 0 aromatic carbocycles. The molecular formula is C12H18N2O4. The lowest BCUT2D eigenvalue weighted by Crippen LogP contribution is -2.12. The second kappa shape index (κ2) is 8.43. The molecule has 0 radical (unpaired) electrons. The lowest BCUT2D eigenvalue weighted by Gasteiger charge is -2.06. The van der Waals surface area contributed by atoms with Crippen molar-refractivity contribution in [2.75, 3.05) is 39.3 Å². The Balaban J connectivity index is 2.14. The highest BCUT2D eigenvalue weighted by molar-refractivity contribution is 5.89. The van der Waals surface area contributed by atoms with Crippen LogP contribution in [-0.4, -0.2) is 44.5 Å². The Morgan fingerprint density at radius 2 is 2.17 bits per heavy atom. The molecule has 0 amide bonds. The summed E-state index contributed by atoms with van der Waals surface area (Å²) >= 11 is 0. The molecule has 0 aliphatic carbocycles. The van der Waals surface area contributed by atoms with Gasteiger partial charge in [-0.25, -0.2) is 9.78 Å². The van der Waals surface area contributed by atoms with E-state index in [1.54, 1.807) is 13.2 Å². The third-order valence-corrected chi connectivity index (χ3v) is 2.11. The van der Waals surface area contributed by atoms with E-state index in [0.717, 1.165) is 6.42 Å². The van der Waals surface area contributed by atoms with Crippen molar-refractivity contribution in [3.63, 3.8) is 0 Å². The maximum absolute atomic E-state index is 11.6. The number of methoxy groups -OCH3 is 1. The van der Waals surface area contributed by atoms with Gasteiger partial charge in [0.15, 0.2) is 0 Å². The number of anilines is 1. The smallest absolute Gasteiger partial charge is 0.338 e. The Hall–Kier alpha value is -1.66. The first-order valence-corrected chi connectivity index (χ1v) is 5.69. The van der Waals surface area contributed by atoms with E-state index >= 15 is 0 Å². The van der Waals surface area contributed by atoms with Crippen LogP contribution in [0.2, 0.25) is 0 Å². The monoisotopic (exact) mass is 254 g/mol. The molecule has 0 aliphatic rings. The van der Waals surface area contributed by atoms with Crippen LogP contribution in [0.15, 0.2) is 18.3 Å². The average Bonchev–Trinajstić information content (AvgIpc) is 2.37. The third kappa shape index (κ3) is 5.60. The average molecular weight is 254 g/mol. The molecule has 0 unspecified atom stereocenters. The largest absolute Gasteiger partial charge is 0.460 e. The molecule has 1 aromatic heterocycles. The van der Waals surface area contributed by atoms with Crippen LogP contribution in [0.5, 0.6) is 0 Å². The van der Waals surface area contributed by atoms with Crippen molar-refractivity contribution < 1.29 is 19.0 Å². The van der Waals surface area contributed by atoms with Gasteiger partial charge in [-0.05, 0) is 18.6 Å². The molecule has 0 spiro atoms. The van der Waals surface area contributed by atoms with Gasteiger partial charge in [-0.3, -0.25) is 0 Å². The van der Waals surface area contributed by atoms with Gasteiger partial charge in [-0.1, -0.05) is 0 Å². The van der Waals surface area contributed by atoms with Crippen molar-refractivity contribution in [2.24, 2.45) is 0 Å². The molecule has 1 heterocycles. The van der Waals surface area contributed by atoms with Gasteiger partial charge in [0.1, 0.15) is 12.4 Å². The number of hydrogen-bond acceptors (Lipinski definition) is 6. The van der Waals surface area contributed by atoms with Crippen LogP contribution in [0, 0.1) is 0 Å². The molecule has 0 atom stereocenters. The minimum absolute atomic E-state index is 0.216. The summed E-state index contributed by atoms with van der Waals surface area (Å²) in [5.41, 5.74) is 5.85. The van der Waals surface area contributed by atoms with E-state index in [2.05, 4.69) is 4.98 Å². The number of hydrogen-bond donors (Lipinski definition) is 1. The number of carbonyl (C=O) groups excluding carboxylic acids is 1. The Bertz CT molecular complexity index is 371. The highest BCUT2D eigenvalue weighted by atomic mass is 16.6. The zero-order valence-electron chi connectivity index (χ0n) is 10.4. The van der Waals surface area contributed by atoms with Crippen LogP contribution in [-0.2, 0) is 14.2 Å². The summed E-state index contributed by atoms with van der Waals surface area (Å²) in [5.74, 6) is -0.134. The Morgan fingerprint density at radius 1 is 1.33 bits per heavy atom. The van der Waals surface area contributed by atoms with Gasteiger partial charge in [0, 0.05) is 26.5 Å². The van der Waals surface area contributed by atoms with Crippen LogP contribution in [0.1, 0.15) is 16.8 Å². The molecular weight excluding hydrogens is 236 g/mol. The van der Waals surface area contributed by atoms with Crippen LogP contribution >= 0.6 is 0 Å². The fourth-order valence-corrected chi connectivity index (χ4v) is 1.26. The first kappa shape index (κ1) is 14.4. The normalized spacial score (nSPS) is 10.3. The van der Waals surface area contributed by atoms with Crippen molar-refractivity contribution in [3.05, 3.63) is 23.9 Å². The summed E-state index contributed by atoms with van der Waals surface area (Å²) < 4.78 is 15.1. The number of carbonyl (C=O) groups is 1. The topological polar surface area (TPSA) is 83.7 Å². The summed E-state index contributed by atoms with van der Waals surface area (Å²) in [5, 5.41) is 0. The maximum atomic E-state index is 11.6. The van der Waals surface area contributed by atoms with Crippen LogP contribution < -0.4 is 5.73 Å². The zero-order chi connectivity index (χ0) is 13.2. The van der Waals surface area contributed by atoms with E-state index in [9.17, 15) is 4.79 Å². The van der Waals surface area contributed by atoms with Crippen LogP contribution in [0.4, 0.5) is 5.82 Å². The van der Waals surface area contributed by atoms with Crippen molar-refractivity contribution >= 4 is 11.8 Å². The van der Waals surface area contributed by atoms with Gasteiger partial charge in [0.05, 0.1) is 12.2 Å². The van der Waals surface area contributed by atoms with Crippen molar-refractivity contribution in [1.29, 1.82) is 0 Å². The van der Waals surface area contributed by atoms with Crippen molar-refractivity contribution in [3.8, 4) is 0 Å². The molecule has 100 valence electrons. The minimum atomic E-state index is -0.426. The Morgan fingerprint density at radius 3 is 2.89 bits per heavy atom. The van der Waals surface area contributed by atoms with E-state index in [-0.39, 0.29) is 6.61 Å². The summed E-state index contributed by atoms with van der Waals surface area (Å²) in [7, 11) is 1.64. The quantitative estimate of drug-likeness (QED) is 0.547. The molecule has 18 heavy (non-hydrogen) atoms. The lowest BCUT2D eigenvalue weighted by molar-refractivity contribution is 0.0288. The SMILES string of the molecule is COCCCOCCOC(=O)c1ccnc(N)c1. The summed E-state index contributed by atoms with van der Waals surface area (Å²) in [6, 6.07) is 3.03. The number of esters is 1. The summed E-state index contributed by atoms with van der Waals surface area (Å²) in [6.45, 7) is 1.84. The number of aromatic nitrogens is 1. The number of nitrogen functional groups attached to an aromatic ring is 1. The minimum Gasteiger partial charge on any atom is -0.460 e. The highest BCUT2D eigenvalue weighted by Crippen LogP contribution is 2.04. The highest BCUT2D eigenvalue weighted by Gasteiger charge is 2.06. The molecule has 1 rings (SSSR count). The number of nitrogens with zero attached hydrogens (tertiary/aromatic N) is 1. The maximum Gasteiger partial charge on any atom is 0.338 e. The van der Waals surface area contributed by atoms with Crippen LogP contribution in [0.25, 0.3) is 0 Å². The van der Waals surface area contributed by atoms with Gasteiger partial charge in [0.25, 0.3) is 0 Å². The van der Waals surface area contributed by atoms with Gasteiger partial charge in [-0.15, -0.1) is 0 Å². The molecule has 6 heteroatoms. The fraction of sp³-hybridized carbons (Fsp3) is 0.500. The summed E-state index contributed by atoms with van der Waals surface area (Å²) in [4.78, 5) is 15.3. The molecule has 0 aliphatic heterocycles. The zero-order valence-corrected chi connectivity index (χ0v) is 10.4. The molecule has 0 fully saturated rings. The van der Waals surface area contributed by atoms with E-state index in [1.807, 2.05) is 0 Å². The number of rotatable bonds is 8. The summed E-state index contributed by atoms with van der Waals surface area (Å²) in [6.07, 6.45) is 2.29. The van der Waals surface area contributed by atoms with Crippen molar-refractivity contribution in [1.82, 2.24) is 4.98 Å². The van der Waals surface area contributed by atoms with Crippen molar-refractivity contribution in [2.45, 2.75) is 6.42 Å². The van der Waals surface area contributed by atoms with E-state index in [4.69, 9.17) is 19.9 Å². The molecule has 1 aromatic rings. The predicted octanol–water partition coefficient (Wildman–Crippen LogP) is 0.874. The van der Waals surface area contributed by atoms with E-state index < -0.39 is 5.97 Å². The number of pyridine rings is 1. The van der Waals surface area contributed by atoms with E-state index in [0.29, 0.717) is 31.2 Å². The number of nitrogens with two attached hydrogens (primary N) is 1. The van der Waals surface area contributed by atoms with Gasteiger partial charge in [-0.2, -0.15) is 0 Å². The molecule has 6 nitrogen and oxygen atoms in total. The Labute approximate surface area is 106 Å². The van der Waals surface area contributed by atoms with Crippen LogP contribution in [0.3, 0.4) is 0 Å². The first-order valence-electron chi connectivity index (χ1n) is 5.69. The predicted molar refractivity (Wildman–Crippen MR) is 66.2 cm³/mol. The molecule has 0 saturated heterocycles. The molecule has 0 saturated carbocycles. The number of ether oxygens (including phenoxy) is 3. The van der Waals surface area contributed by atoms with Gasteiger partial charge in [0.2, 0.25) is 0 Å². The fourth-order valence-electron chi connectivity index (χ4n) is 1.26. The first-order chi connectivity index (χ1) is 8.74. The molecule has 2 N–H and O–H groups in total. The second-order valence-corrected chi connectivity index (χ2v) is 3.56. The second-order valence-electron chi connectivity index (χ2n) is 3.56. The lowest BCUT2D eigenvalue weighted by atomic mass is 10.3. The van der Waals surface area contributed by atoms with Gasteiger partial charge >= 0.3 is 5.97 Å². The Kier molecular flexibility index (Phi) is 6.75. The standard InChI is InChI=1S/C12H18N2O4/c1-16-5-2-6-17-7-8-18-12(15)10-3-4-14-11(13)9-10/h3-4,9H,2,5-8H2,1H3,(H2,13,14). The van der Waals surface area contributed by atoms with E-state index in [1.165, 1.54) is 12.3 Å². The third-order valence-electron chi connectivity index (χ3n) is 2.11. The molecule has 0 bridgehead atoms.